The molecule has 0 bridgehead atoms. The standard InChI is InChI=1S/C13H12FN3O/c1-8-3-2-4-11(16-8)13(18)17-12-7-9(15)5-6-10(12)14/h2-7H,15H2,1H3,(H,17,18). The normalized spacial score (nSPS) is 10.1. The third kappa shape index (κ3) is 2.63. The number of hydrogen-bond donors (Lipinski definition) is 2. The Hall–Kier alpha value is -2.43. The molecule has 0 saturated carbocycles. The van der Waals surface area contributed by atoms with Crippen LogP contribution in [0, 0.1) is 12.7 Å². The predicted molar refractivity (Wildman–Crippen MR) is 67.7 cm³/mol. The Morgan fingerprint density at radius 2 is 2.11 bits per heavy atom. The van der Waals surface area contributed by atoms with Crippen molar-refractivity contribution in [3.8, 4) is 0 Å². The molecule has 0 aliphatic heterocycles. The number of nitrogens with one attached hydrogen (secondary N) is 1. The topological polar surface area (TPSA) is 68.0 Å². The highest BCUT2D eigenvalue weighted by Gasteiger charge is 2.10. The fourth-order valence-electron chi connectivity index (χ4n) is 1.49. The van der Waals surface area contributed by atoms with Gasteiger partial charge >= 0.3 is 0 Å². The number of anilines is 2. The van der Waals surface area contributed by atoms with Gasteiger partial charge < -0.3 is 11.1 Å². The van der Waals surface area contributed by atoms with Gasteiger partial charge in [0.2, 0.25) is 0 Å². The highest BCUT2D eigenvalue weighted by atomic mass is 19.1. The Kier molecular flexibility index (Phi) is 3.23. The number of carbonyl (C=O) groups is 1. The van der Waals surface area contributed by atoms with Crippen LogP contribution in [0.5, 0.6) is 0 Å². The van der Waals surface area contributed by atoms with Crippen molar-refractivity contribution in [3.05, 3.63) is 53.6 Å². The first-order valence-electron chi connectivity index (χ1n) is 5.36. The maximum Gasteiger partial charge on any atom is 0.274 e. The summed E-state index contributed by atoms with van der Waals surface area (Å²) in [4.78, 5) is 15.9. The molecule has 1 heterocycles. The summed E-state index contributed by atoms with van der Waals surface area (Å²) in [5, 5.41) is 2.44. The molecule has 3 N–H and O–H groups in total. The Morgan fingerprint density at radius 1 is 1.33 bits per heavy atom. The van der Waals surface area contributed by atoms with Crippen LogP contribution in [0.25, 0.3) is 0 Å². The molecule has 1 amide bonds. The van der Waals surface area contributed by atoms with Crippen molar-refractivity contribution >= 4 is 17.3 Å². The molecule has 2 rings (SSSR count). The van der Waals surface area contributed by atoms with Crippen molar-refractivity contribution in [2.24, 2.45) is 0 Å². The molecule has 0 aliphatic rings. The molecule has 0 radical (unpaired) electrons. The minimum Gasteiger partial charge on any atom is -0.399 e. The van der Waals surface area contributed by atoms with E-state index in [1.54, 1.807) is 25.1 Å². The average molecular weight is 245 g/mol. The third-order valence-corrected chi connectivity index (χ3v) is 2.36. The number of nitrogens with two attached hydrogens (primary N) is 1. The number of halogens is 1. The van der Waals surface area contributed by atoms with Gasteiger partial charge in [-0.25, -0.2) is 9.37 Å². The van der Waals surface area contributed by atoms with Crippen LogP contribution in [0.15, 0.2) is 36.4 Å². The first-order chi connectivity index (χ1) is 8.56. The van der Waals surface area contributed by atoms with Crippen molar-refractivity contribution in [1.82, 2.24) is 4.98 Å². The molecule has 0 spiro atoms. The molecule has 1 aromatic heterocycles. The van der Waals surface area contributed by atoms with Gasteiger partial charge in [-0.1, -0.05) is 6.07 Å². The van der Waals surface area contributed by atoms with E-state index in [1.807, 2.05) is 0 Å². The van der Waals surface area contributed by atoms with Crippen LogP contribution in [0.1, 0.15) is 16.2 Å². The summed E-state index contributed by atoms with van der Waals surface area (Å²) in [5.41, 5.74) is 6.91. The average Bonchev–Trinajstić information content (AvgIpc) is 2.34. The van der Waals surface area contributed by atoms with E-state index in [1.165, 1.54) is 18.2 Å². The van der Waals surface area contributed by atoms with Crippen molar-refractivity contribution in [3.63, 3.8) is 0 Å². The number of aromatic nitrogens is 1. The van der Waals surface area contributed by atoms with E-state index in [2.05, 4.69) is 10.3 Å². The van der Waals surface area contributed by atoms with E-state index in [0.29, 0.717) is 5.69 Å². The fourth-order valence-corrected chi connectivity index (χ4v) is 1.49. The Morgan fingerprint density at radius 3 is 2.83 bits per heavy atom. The van der Waals surface area contributed by atoms with Crippen molar-refractivity contribution in [2.75, 3.05) is 11.1 Å². The maximum absolute atomic E-state index is 13.4. The van der Waals surface area contributed by atoms with Crippen LogP contribution in [-0.2, 0) is 0 Å². The summed E-state index contributed by atoms with van der Waals surface area (Å²) in [6, 6.07) is 9.05. The Bertz CT molecular complexity index is 599. The third-order valence-electron chi connectivity index (χ3n) is 2.36. The molecule has 92 valence electrons. The van der Waals surface area contributed by atoms with Gasteiger partial charge in [0, 0.05) is 11.4 Å². The van der Waals surface area contributed by atoms with Crippen LogP contribution in [0.2, 0.25) is 0 Å². The number of nitrogens with zero attached hydrogens (tertiary/aromatic N) is 1. The highest BCUT2D eigenvalue weighted by Crippen LogP contribution is 2.18. The summed E-state index contributed by atoms with van der Waals surface area (Å²) in [5.74, 6) is -1.01. The van der Waals surface area contributed by atoms with E-state index >= 15 is 0 Å². The van der Waals surface area contributed by atoms with Gasteiger partial charge in [-0.15, -0.1) is 0 Å². The smallest absolute Gasteiger partial charge is 0.274 e. The van der Waals surface area contributed by atoms with E-state index in [4.69, 9.17) is 5.73 Å². The molecule has 1 aromatic carbocycles. The molecular weight excluding hydrogens is 233 g/mol. The lowest BCUT2D eigenvalue weighted by atomic mass is 10.2. The molecule has 4 nitrogen and oxygen atoms in total. The van der Waals surface area contributed by atoms with Gasteiger partial charge in [-0.2, -0.15) is 0 Å². The lowest BCUT2D eigenvalue weighted by Crippen LogP contribution is -2.15. The minimum atomic E-state index is -0.537. The lowest BCUT2D eigenvalue weighted by molar-refractivity contribution is 0.102. The van der Waals surface area contributed by atoms with Crippen molar-refractivity contribution in [1.29, 1.82) is 0 Å². The second-order valence-corrected chi connectivity index (χ2v) is 3.86. The number of carbonyl (C=O) groups excluding carboxylic acids is 1. The number of aryl methyl sites for hydroxylation is 1. The largest absolute Gasteiger partial charge is 0.399 e. The SMILES string of the molecule is Cc1cccc(C(=O)Nc2cc(N)ccc2F)n1. The highest BCUT2D eigenvalue weighted by molar-refractivity contribution is 6.03. The van der Waals surface area contributed by atoms with E-state index < -0.39 is 11.7 Å². The molecule has 0 unspecified atom stereocenters. The Balaban J connectivity index is 2.24. The van der Waals surface area contributed by atoms with E-state index in [9.17, 15) is 9.18 Å². The van der Waals surface area contributed by atoms with Gasteiger partial charge in [-0.05, 0) is 37.3 Å². The van der Waals surface area contributed by atoms with Crippen LogP contribution in [-0.4, -0.2) is 10.9 Å². The zero-order valence-corrected chi connectivity index (χ0v) is 9.77. The van der Waals surface area contributed by atoms with Crippen LogP contribution >= 0.6 is 0 Å². The summed E-state index contributed by atoms with van der Waals surface area (Å²) < 4.78 is 13.4. The summed E-state index contributed by atoms with van der Waals surface area (Å²) in [6.07, 6.45) is 0. The number of hydrogen-bond acceptors (Lipinski definition) is 3. The second kappa shape index (κ2) is 4.83. The monoisotopic (exact) mass is 245 g/mol. The fraction of sp³-hybridized carbons (Fsp3) is 0.0769. The molecule has 5 heteroatoms. The second-order valence-electron chi connectivity index (χ2n) is 3.86. The van der Waals surface area contributed by atoms with Crippen LogP contribution in [0.3, 0.4) is 0 Å². The summed E-state index contributed by atoms with van der Waals surface area (Å²) in [7, 11) is 0. The van der Waals surface area contributed by atoms with Crippen molar-refractivity contribution in [2.45, 2.75) is 6.92 Å². The molecular formula is C13H12FN3O. The molecule has 0 aliphatic carbocycles. The molecule has 0 fully saturated rings. The van der Waals surface area contributed by atoms with Gasteiger partial charge in [0.05, 0.1) is 5.69 Å². The van der Waals surface area contributed by atoms with Gasteiger partial charge in [-0.3, -0.25) is 4.79 Å². The summed E-state index contributed by atoms with van der Waals surface area (Å²) >= 11 is 0. The quantitative estimate of drug-likeness (QED) is 0.798. The molecule has 0 atom stereocenters. The molecule has 2 aromatic rings. The molecule has 18 heavy (non-hydrogen) atoms. The zero-order valence-electron chi connectivity index (χ0n) is 9.77. The van der Waals surface area contributed by atoms with Crippen molar-refractivity contribution < 1.29 is 9.18 Å². The lowest BCUT2D eigenvalue weighted by Gasteiger charge is -2.07. The number of nitrogen functional groups attached to an aromatic ring is 1. The number of rotatable bonds is 2. The van der Waals surface area contributed by atoms with Gasteiger partial charge in [0.1, 0.15) is 11.5 Å². The Labute approximate surface area is 104 Å². The summed E-state index contributed by atoms with van der Waals surface area (Å²) in [6.45, 7) is 1.78. The van der Waals surface area contributed by atoms with Crippen LogP contribution in [0.4, 0.5) is 15.8 Å². The molecule has 0 saturated heterocycles. The predicted octanol–water partition coefficient (Wildman–Crippen LogP) is 2.36. The first-order valence-corrected chi connectivity index (χ1v) is 5.36. The van der Waals surface area contributed by atoms with Crippen LogP contribution < -0.4 is 11.1 Å². The minimum absolute atomic E-state index is 0.0447. The first kappa shape index (κ1) is 12.0. The number of benzene rings is 1. The number of amides is 1. The van der Waals surface area contributed by atoms with Gasteiger partial charge in [0.15, 0.2) is 0 Å². The maximum atomic E-state index is 13.4. The van der Waals surface area contributed by atoms with E-state index in [-0.39, 0.29) is 11.4 Å². The zero-order chi connectivity index (χ0) is 13.1. The van der Waals surface area contributed by atoms with E-state index in [0.717, 1.165) is 5.69 Å². The van der Waals surface area contributed by atoms with Gasteiger partial charge in [0.25, 0.3) is 5.91 Å². The number of pyridine rings is 1.